The molecule has 0 bridgehead atoms. The van der Waals surface area contributed by atoms with Crippen molar-refractivity contribution in [2.24, 2.45) is 5.92 Å². The standard InChI is InChI=1S/C27H32N2O6/c1-4-14-34-26(32)20-10-12-22(13-11-20)28-23(30)17-35-27(33)21-15-24(31)29(16-21)25-18(5-2)8-7-9-19(25)6-3/h7-13,21H,4-6,14-17H2,1-3H3,(H,28,30)/t21-/m0/s1. The summed E-state index contributed by atoms with van der Waals surface area (Å²) in [6.07, 6.45) is 2.35. The molecular weight excluding hydrogens is 448 g/mol. The molecule has 1 fully saturated rings. The number of anilines is 2. The van der Waals surface area contributed by atoms with Gasteiger partial charge in [0.05, 0.1) is 18.1 Å². The van der Waals surface area contributed by atoms with E-state index in [-0.39, 0.29) is 18.9 Å². The summed E-state index contributed by atoms with van der Waals surface area (Å²) in [7, 11) is 0. The highest BCUT2D eigenvalue weighted by Crippen LogP contribution is 2.32. The molecule has 0 saturated carbocycles. The number of esters is 2. The van der Waals surface area contributed by atoms with Gasteiger partial charge < -0.3 is 19.7 Å². The molecule has 0 spiro atoms. The number of carbonyl (C=O) groups excluding carboxylic acids is 4. The number of aryl methyl sites for hydroxylation is 2. The molecule has 8 nitrogen and oxygen atoms in total. The van der Waals surface area contributed by atoms with Crippen LogP contribution in [0.4, 0.5) is 11.4 Å². The topological polar surface area (TPSA) is 102 Å². The van der Waals surface area contributed by atoms with Crippen molar-refractivity contribution in [3.63, 3.8) is 0 Å². The van der Waals surface area contributed by atoms with Crippen LogP contribution in [0.2, 0.25) is 0 Å². The van der Waals surface area contributed by atoms with Crippen molar-refractivity contribution in [2.45, 2.75) is 46.5 Å². The summed E-state index contributed by atoms with van der Waals surface area (Å²) >= 11 is 0. The molecule has 1 saturated heterocycles. The van der Waals surface area contributed by atoms with Crippen molar-refractivity contribution >= 4 is 35.1 Å². The third-order valence-corrected chi connectivity index (χ3v) is 5.88. The second-order valence-corrected chi connectivity index (χ2v) is 8.41. The van der Waals surface area contributed by atoms with E-state index in [1.54, 1.807) is 29.2 Å². The highest BCUT2D eigenvalue weighted by atomic mass is 16.5. The van der Waals surface area contributed by atoms with Gasteiger partial charge in [-0.15, -0.1) is 0 Å². The van der Waals surface area contributed by atoms with Gasteiger partial charge in [0, 0.05) is 24.3 Å². The molecular formula is C27H32N2O6. The summed E-state index contributed by atoms with van der Waals surface area (Å²) in [6.45, 7) is 6.10. The normalized spacial score (nSPS) is 15.1. The first-order valence-corrected chi connectivity index (χ1v) is 12.0. The lowest BCUT2D eigenvalue weighted by Gasteiger charge is -2.23. The highest BCUT2D eigenvalue weighted by molar-refractivity contribution is 6.01. The Morgan fingerprint density at radius 1 is 0.971 bits per heavy atom. The average molecular weight is 481 g/mol. The second kappa shape index (κ2) is 12.1. The molecule has 0 aromatic heterocycles. The van der Waals surface area contributed by atoms with E-state index < -0.39 is 30.4 Å². The van der Waals surface area contributed by atoms with Crippen molar-refractivity contribution < 1.29 is 28.7 Å². The first-order chi connectivity index (χ1) is 16.9. The monoisotopic (exact) mass is 480 g/mol. The summed E-state index contributed by atoms with van der Waals surface area (Å²) in [5.74, 6) is -2.25. The summed E-state index contributed by atoms with van der Waals surface area (Å²) in [5, 5.41) is 2.63. The van der Waals surface area contributed by atoms with Gasteiger partial charge in [-0.3, -0.25) is 14.4 Å². The third-order valence-electron chi connectivity index (χ3n) is 5.88. The number of nitrogens with one attached hydrogen (secondary N) is 1. The fraction of sp³-hybridized carbons (Fsp3) is 0.407. The van der Waals surface area contributed by atoms with Crippen molar-refractivity contribution in [1.82, 2.24) is 0 Å². The molecule has 2 aromatic carbocycles. The van der Waals surface area contributed by atoms with Crippen LogP contribution in [0.15, 0.2) is 42.5 Å². The maximum Gasteiger partial charge on any atom is 0.338 e. The zero-order chi connectivity index (χ0) is 25.4. The van der Waals surface area contributed by atoms with Crippen LogP contribution in [0.3, 0.4) is 0 Å². The van der Waals surface area contributed by atoms with Crippen LogP contribution < -0.4 is 10.2 Å². The lowest BCUT2D eigenvalue weighted by molar-refractivity contribution is -0.151. The number of ether oxygens (including phenoxy) is 2. The fourth-order valence-electron chi connectivity index (χ4n) is 4.06. The molecule has 1 heterocycles. The molecule has 2 amide bonds. The third kappa shape index (κ3) is 6.47. The van der Waals surface area contributed by atoms with E-state index in [1.165, 1.54) is 0 Å². The fourth-order valence-corrected chi connectivity index (χ4v) is 4.06. The highest BCUT2D eigenvalue weighted by Gasteiger charge is 2.37. The van der Waals surface area contributed by atoms with Gasteiger partial charge in [0.15, 0.2) is 6.61 Å². The second-order valence-electron chi connectivity index (χ2n) is 8.41. The summed E-state index contributed by atoms with van der Waals surface area (Å²) < 4.78 is 10.3. The zero-order valence-corrected chi connectivity index (χ0v) is 20.5. The van der Waals surface area contributed by atoms with Gasteiger partial charge in [-0.05, 0) is 54.7 Å². The molecule has 2 aromatic rings. The summed E-state index contributed by atoms with van der Waals surface area (Å²) in [5.41, 5.74) is 3.86. The minimum Gasteiger partial charge on any atom is -0.462 e. The summed E-state index contributed by atoms with van der Waals surface area (Å²) in [6, 6.07) is 12.2. The van der Waals surface area contributed by atoms with Crippen molar-refractivity contribution in [2.75, 3.05) is 30.0 Å². The molecule has 3 rings (SSSR count). The van der Waals surface area contributed by atoms with Gasteiger partial charge in [-0.2, -0.15) is 0 Å². The number of amides is 2. The number of hydrogen-bond donors (Lipinski definition) is 1. The molecule has 0 aliphatic carbocycles. The van der Waals surface area contributed by atoms with E-state index in [2.05, 4.69) is 5.32 Å². The molecule has 1 atom stereocenters. The number of carbonyl (C=O) groups is 4. The van der Waals surface area contributed by atoms with Crippen LogP contribution in [-0.4, -0.2) is 43.5 Å². The molecule has 1 N–H and O–H groups in total. The minimum absolute atomic E-state index is 0.0528. The molecule has 35 heavy (non-hydrogen) atoms. The smallest absolute Gasteiger partial charge is 0.338 e. The maximum atomic E-state index is 12.7. The van der Waals surface area contributed by atoms with Gasteiger partial charge in [0.25, 0.3) is 5.91 Å². The Balaban J connectivity index is 1.53. The molecule has 0 unspecified atom stereocenters. The van der Waals surface area contributed by atoms with Gasteiger partial charge >= 0.3 is 11.9 Å². The molecule has 0 radical (unpaired) electrons. The quantitative estimate of drug-likeness (QED) is 0.517. The van der Waals surface area contributed by atoms with Crippen molar-refractivity contribution in [1.29, 1.82) is 0 Å². The Morgan fingerprint density at radius 2 is 1.63 bits per heavy atom. The maximum absolute atomic E-state index is 12.7. The van der Waals surface area contributed by atoms with Crippen LogP contribution in [0.5, 0.6) is 0 Å². The van der Waals surface area contributed by atoms with Gasteiger partial charge in [0.2, 0.25) is 5.91 Å². The zero-order valence-electron chi connectivity index (χ0n) is 20.5. The average Bonchev–Trinajstić information content (AvgIpc) is 3.26. The lowest BCUT2D eigenvalue weighted by atomic mass is 10.0. The summed E-state index contributed by atoms with van der Waals surface area (Å²) in [4.78, 5) is 51.1. The number of hydrogen-bond acceptors (Lipinski definition) is 6. The van der Waals surface area contributed by atoms with E-state index in [0.29, 0.717) is 17.9 Å². The molecule has 1 aliphatic rings. The Bertz CT molecular complexity index is 1060. The van der Waals surface area contributed by atoms with Crippen LogP contribution in [0.1, 0.15) is 55.1 Å². The number of rotatable bonds is 10. The van der Waals surface area contributed by atoms with Gasteiger partial charge in [0.1, 0.15) is 0 Å². The first-order valence-electron chi connectivity index (χ1n) is 12.0. The number of para-hydroxylation sites is 1. The number of nitrogens with zero attached hydrogens (tertiary/aromatic N) is 1. The van der Waals surface area contributed by atoms with E-state index >= 15 is 0 Å². The van der Waals surface area contributed by atoms with Crippen LogP contribution in [0.25, 0.3) is 0 Å². The molecule has 1 aliphatic heterocycles. The first kappa shape index (κ1) is 25.9. The van der Waals surface area contributed by atoms with Crippen LogP contribution in [0, 0.1) is 5.92 Å². The van der Waals surface area contributed by atoms with E-state index in [0.717, 1.165) is 36.1 Å². The Kier molecular flexibility index (Phi) is 9.00. The number of benzene rings is 2. The van der Waals surface area contributed by atoms with Crippen molar-refractivity contribution in [3.05, 3.63) is 59.2 Å². The Morgan fingerprint density at radius 3 is 2.23 bits per heavy atom. The van der Waals surface area contributed by atoms with Crippen LogP contribution in [-0.2, 0) is 36.7 Å². The minimum atomic E-state index is -0.627. The van der Waals surface area contributed by atoms with E-state index in [1.807, 2.05) is 39.0 Å². The Labute approximate surface area is 205 Å². The molecule has 186 valence electrons. The largest absolute Gasteiger partial charge is 0.462 e. The van der Waals surface area contributed by atoms with Gasteiger partial charge in [-0.1, -0.05) is 39.0 Å². The molecule has 8 heteroatoms. The predicted octanol–water partition coefficient (Wildman–Crippen LogP) is 3.91. The van der Waals surface area contributed by atoms with Gasteiger partial charge in [-0.25, -0.2) is 4.79 Å². The SMILES string of the molecule is CCCOC(=O)c1ccc(NC(=O)COC(=O)[C@H]2CC(=O)N(c3c(CC)cccc3CC)C2)cc1. The predicted molar refractivity (Wildman–Crippen MR) is 132 cm³/mol. The van der Waals surface area contributed by atoms with Crippen LogP contribution >= 0.6 is 0 Å². The Hall–Kier alpha value is -3.68. The van der Waals surface area contributed by atoms with E-state index in [9.17, 15) is 19.2 Å². The lowest BCUT2D eigenvalue weighted by Crippen LogP contribution is -2.29. The van der Waals surface area contributed by atoms with Crippen molar-refractivity contribution in [3.8, 4) is 0 Å². The van der Waals surface area contributed by atoms with E-state index in [4.69, 9.17) is 9.47 Å².